The summed E-state index contributed by atoms with van der Waals surface area (Å²) < 4.78 is 0.996. The van der Waals surface area contributed by atoms with Crippen molar-refractivity contribution in [1.29, 1.82) is 0 Å². The van der Waals surface area contributed by atoms with Gasteiger partial charge in [0.05, 0.1) is 0 Å². The van der Waals surface area contributed by atoms with Crippen LogP contribution in [0.5, 0.6) is 0 Å². The third-order valence-electron chi connectivity index (χ3n) is 1.43. The van der Waals surface area contributed by atoms with Crippen molar-refractivity contribution in [1.82, 2.24) is 0 Å². The van der Waals surface area contributed by atoms with E-state index in [2.05, 4.69) is 26.0 Å². The second-order valence-corrected chi connectivity index (χ2v) is 3.35. The van der Waals surface area contributed by atoms with Crippen LogP contribution in [0, 0.1) is 5.21 Å². The number of rotatable bonds is 3. The van der Waals surface area contributed by atoms with E-state index in [9.17, 15) is 5.21 Å². The van der Waals surface area contributed by atoms with E-state index in [1.807, 2.05) is 24.3 Å². The van der Waals surface area contributed by atoms with Crippen LogP contribution in [0.2, 0.25) is 0 Å². The summed E-state index contributed by atoms with van der Waals surface area (Å²) in [4.78, 5) is 4.64. The van der Waals surface area contributed by atoms with Crippen molar-refractivity contribution in [3.63, 3.8) is 0 Å². The lowest BCUT2D eigenvalue weighted by atomic mass is 10.2. The highest BCUT2D eigenvalue weighted by Crippen LogP contribution is 2.11. The zero-order valence-electron chi connectivity index (χ0n) is 7.55. The maximum atomic E-state index is 10.8. The molecule has 0 saturated heterocycles. The number of hydrogen-bond acceptors (Lipinski definition) is 3. The van der Waals surface area contributed by atoms with Gasteiger partial charge in [0.25, 0.3) is 0 Å². The van der Waals surface area contributed by atoms with E-state index in [-0.39, 0.29) is 0 Å². The Hall–Kier alpha value is -1.36. The smallest absolute Gasteiger partial charge is 0.213 e. The first-order valence-corrected chi connectivity index (χ1v) is 4.66. The molecule has 74 valence electrons. The Kier molecular flexibility index (Phi) is 4.12. The fourth-order valence-electron chi connectivity index (χ4n) is 0.831. The molecule has 0 bridgehead atoms. The molecule has 1 aromatic rings. The molecule has 0 aromatic heterocycles. The minimum Gasteiger partial charge on any atom is -0.592 e. The minimum absolute atomic E-state index is 0.349. The van der Waals surface area contributed by atoms with Crippen molar-refractivity contribution < 1.29 is 9.70 Å². The summed E-state index contributed by atoms with van der Waals surface area (Å²) in [5.74, 6) is 0. The first kappa shape index (κ1) is 10.7. The molecule has 1 rings (SSSR count). The van der Waals surface area contributed by atoms with E-state index in [0.717, 1.165) is 10.0 Å². The molecule has 4 nitrogen and oxygen atoms in total. The van der Waals surface area contributed by atoms with Crippen molar-refractivity contribution in [3.8, 4) is 0 Å². The van der Waals surface area contributed by atoms with Gasteiger partial charge in [-0.3, -0.25) is 0 Å². The predicted molar refractivity (Wildman–Crippen MR) is 56.2 cm³/mol. The van der Waals surface area contributed by atoms with Crippen LogP contribution in [0.1, 0.15) is 5.56 Å². The largest absolute Gasteiger partial charge is 0.592 e. The molecule has 5 heteroatoms. The molecule has 0 N–H and O–H groups in total. The topological polar surface area (TPSA) is 47.7 Å². The molecule has 0 aliphatic carbocycles. The molecule has 0 spiro atoms. The molecule has 0 heterocycles. The molecule has 0 atom stereocenters. The van der Waals surface area contributed by atoms with Crippen molar-refractivity contribution in [3.05, 3.63) is 45.7 Å². The highest BCUT2D eigenvalue weighted by Gasteiger charge is 1.90. The Bertz CT molecular complexity index is 346. The Morgan fingerprint density at radius 3 is 2.64 bits per heavy atom. The average Bonchev–Trinajstić information content (AvgIpc) is 2.17. The SMILES string of the molecule is CO/N=[N+](\[O-])C=Cc1ccc(Br)cc1. The van der Waals surface area contributed by atoms with Crippen LogP contribution in [0.15, 0.2) is 40.2 Å². The van der Waals surface area contributed by atoms with Gasteiger partial charge in [-0.1, -0.05) is 28.1 Å². The van der Waals surface area contributed by atoms with Crippen LogP contribution in [0.25, 0.3) is 6.08 Å². The van der Waals surface area contributed by atoms with Gasteiger partial charge in [0.2, 0.25) is 11.5 Å². The lowest BCUT2D eigenvalue weighted by Crippen LogP contribution is -1.88. The number of nitrogens with zero attached hydrogens (tertiary/aromatic N) is 2. The van der Waals surface area contributed by atoms with Crippen LogP contribution < -0.4 is 0 Å². The Morgan fingerprint density at radius 1 is 1.43 bits per heavy atom. The zero-order valence-corrected chi connectivity index (χ0v) is 9.14. The summed E-state index contributed by atoms with van der Waals surface area (Å²) >= 11 is 3.32. The molecule has 14 heavy (non-hydrogen) atoms. The van der Waals surface area contributed by atoms with Gasteiger partial charge < -0.3 is 10.0 Å². The van der Waals surface area contributed by atoms with Gasteiger partial charge in [-0.05, 0) is 22.6 Å². The zero-order chi connectivity index (χ0) is 10.4. The van der Waals surface area contributed by atoms with E-state index >= 15 is 0 Å². The molecule has 0 amide bonds. The first-order chi connectivity index (χ1) is 6.72. The third-order valence-corrected chi connectivity index (χ3v) is 1.96. The second-order valence-electron chi connectivity index (χ2n) is 2.43. The molecular formula is C9H9BrN2O2. The molecule has 0 unspecified atom stereocenters. The standard InChI is InChI=1S/C9H9BrN2O2/c1-14-11-12(13)7-6-8-2-4-9(10)5-3-8/h2-7H,1H3/b7-6?,12-11-. The Morgan fingerprint density at radius 2 is 2.07 bits per heavy atom. The van der Waals surface area contributed by atoms with Crippen LogP contribution in [-0.4, -0.2) is 12.0 Å². The highest BCUT2D eigenvalue weighted by atomic mass is 79.9. The average molecular weight is 257 g/mol. The summed E-state index contributed by atoms with van der Waals surface area (Å²) in [5, 5.41) is 14.0. The van der Waals surface area contributed by atoms with E-state index in [1.54, 1.807) is 6.08 Å². The monoisotopic (exact) mass is 256 g/mol. The van der Waals surface area contributed by atoms with E-state index in [1.165, 1.54) is 13.3 Å². The summed E-state index contributed by atoms with van der Waals surface area (Å²) in [6.07, 6.45) is 2.91. The first-order valence-electron chi connectivity index (χ1n) is 3.86. The maximum absolute atomic E-state index is 10.8. The van der Waals surface area contributed by atoms with E-state index in [0.29, 0.717) is 4.86 Å². The van der Waals surface area contributed by atoms with Gasteiger partial charge in [0, 0.05) is 10.5 Å². The van der Waals surface area contributed by atoms with Crippen molar-refractivity contribution in [2.24, 2.45) is 5.28 Å². The number of halogens is 1. The summed E-state index contributed by atoms with van der Waals surface area (Å²) in [6, 6.07) is 7.53. The number of hydrogen-bond donors (Lipinski definition) is 0. The van der Waals surface area contributed by atoms with Crippen molar-refractivity contribution >= 4 is 22.0 Å². The van der Waals surface area contributed by atoms with Crippen LogP contribution in [0.4, 0.5) is 0 Å². The molecule has 0 aliphatic rings. The summed E-state index contributed by atoms with van der Waals surface area (Å²) in [5.41, 5.74) is 0.917. The van der Waals surface area contributed by atoms with Gasteiger partial charge in [0.1, 0.15) is 7.11 Å². The molecule has 0 saturated carbocycles. The van der Waals surface area contributed by atoms with Gasteiger partial charge in [0.15, 0.2) is 0 Å². The van der Waals surface area contributed by atoms with Gasteiger partial charge >= 0.3 is 0 Å². The van der Waals surface area contributed by atoms with E-state index in [4.69, 9.17) is 0 Å². The van der Waals surface area contributed by atoms with Gasteiger partial charge in [-0.2, -0.15) is 0 Å². The maximum Gasteiger partial charge on any atom is 0.213 e. The van der Waals surface area contributed by atoms with E-state index < -0.39 is 0 Å². The Balaban J connectivity index is 2.69. The predicted octanol–water partition coefficient (Wildman–Crippen LogP) is 2.94. The molecule has 0 fully saturated rings. The van der Waals surface area contributed by atoms with Crippen LogP contribution >= 0.6 is 15.9 Å². The highest BCUT2D eigenvalue weighted by molar-refractivity contribution is 9.10. The minimum atomic E-state index is 0.349. The van der Waals surface area contributed by atoms with Crippen molar-refractivity contribution in [2.75, 3.05) is 7.11 Å². The molecular weight excluding hydrogens is 248 g/mol. The van der Waals surface area contributed by atoms with Gasteiger partial charge in [-0.25, -0.2) is 0 Å². The fraction of sp³-hybridized carbons (Fsp3) is 0.111. The second kappa shape index (κ2) is 5.39. The lowest BCUT2D eigenvalue weighted by molar-refractivity contribution is -0.490. The van der Waals surface area contributed by atoms with Crippen LogP contribution in [0.3, 0.4) is 0 Å². The molecule has 1 aromatic carbocycles. The van der Waals surface area contributed by atoms with Crippen molar-refractivity contribution in [2.45, 2.75) is 0 Å². The molecule has 0 aliphatic heterocycles. The fourth-order valence-corrected chi connectivity index (χ4v) is 1.10. The summed E-state index contributed by atoms with van der Waals surface area (Å²) in [7, 11) is 1.32. The molecule has 0 radical (unpaired) electrons. The number of benzene rings is 1. The Labute approximate surface area is 90.2 Å². The van der Waals surface area contributed by atoms with Gasteiger partial charge in [-0.15, -0.1) is 0 Å². The third kappa shape index (κ3) is 3.57. The normalized spacial score (nSPS) is 12.0. The quantitative estimate of drug-likeness (QED) is 0.474. The van der Waals surface area contributed by atoms with Crippen LogP contribution in [-0.2, 0) is 4.84 Å². The lowest BCUT2D eigenvalue weighted by Gasteiger charge is -1.93. The number of hydroxylamine groups is 1. The summed E-state index contributed by atoms with van der Waals surface area (Å²) in [6.45, 7) is 0.